The molecule has 24 heavy (non-hydrogen) atoms. The van der Waals surface area contributed by atoms with Gasteiger partial charge in [0, 0.05) is 23.7 Å². The van der Waals surface area contributed by atoms with Crippen molar-refractivity contribution in [1.29, 1.82) is 0 Å². The zero-order valence-corrected chi connectivity index (χ0v) is 14.2. The number of hydrogen-bond acceptors (Lipinski definition) is 4. The molecule has 1 aliphatic heterocycles. The average molecular weight is 342 g/mol. The Morgan fingerprint density at radius 1 is 1.12 bits per heavy atom. The van der Waals surface area contributed by atoms with Crippen LogP contribution in [0.1, 0.15) is 12.8 Å². The Bertz CT molecular complexity index is 838. The molecule has 5 nitrogen and oxygen atoms in total. The van der Waals surface area contributed by atoms with Gasteiger partial charge in [-0.2, -0.15) is 0 Å². The van der Waals surface area contributed by atoms with E-state index in [0.29, 0.717) is 5.02 Å². The summed E-state index contributed by atoms with van der Waals surface area (Å²) in [5, 5.41) is 8.81. The van der Waals surface area contributed by atoms with Gasteiger partial charge in [-0.1, -0.05) is 23.7 Å². The fourth-order valence-corrected chi connectivity index (χ4v) is 3.35. The Labute approximate surface area is 146 Å². The molecule has 0 aliphatic carbocycles. The molecule has 124 valence electrons. The number of likely N-dealkylation sites (tertiary alicyclic amines) is 1. The number of fused-ring (bicyclic) bond motifs is 1. The number of halogens is 1. The number of aromatic nitrogens is 3. The van der Waals surface area contributed by atoms with E-state index >= 15 is 0 Å². The molecule has 0 unspecified atom stereocenters. The summed E-state index contributed by atoms with van der Waals surface area (Å²) < 4.78 is 1.86. The third-order valence-electron chi connectivity index (χ3n) is 4.42. The largest absolute Gasteiger partial charge is 0.367 e. The molecular weight excluding hydrogens is 322 g/mol. The van der Waals surface area contributed by atoms with Gasteiger partial charge in [-0.05, 0) is 50.2 Å². The highest BCUT2D eigenvalue weighted by molar-refractivity contribution is 6.30. The van der Waals surface area contributed by atoms with E-state index in [1.807, 2.05) is 47.1 Å². The smallest absolute Gasteiger partial charge is 0.154 e. The molecule has 0 saturated carbocycles. The predicted octanol–water partition coefficient (Wildman–Crippen LogP) is 3.56. The summed E-state index contributed by atoms with van der Waals surface area (Å²) >= 11 is 6.11. The zero-order valence-electron chi connectivity index (χ0n) is 13.5. The Morgan fingerprint density at radius 3 is 2.83 bits per heavy atom. The molecule has 1 aromatic carbocycles. The van der Waals surface area contributed by atoms with Crippen molar-refractivity contribution in [2.45, 2.75) is 12.8 Å². The first kappa shape index (κ1) is 15.4. The summed E-state index contributed by atoms with van der Waals surface area (Å²) in [6.45, 7) is 4.40. The van der Waals surface area contributed by atoms with Gasteiger partial charge in [-0.3, -0.25) is 0 Å². The molecule has 1 N–H and O–H groups in total. The van der Waals surface area contributed by atoms with E-state index in [2.05, 4.69) is 20.3 Å². The minimum Gasteiger partial charge on any atom is -0.367 e. The zero-order chi connectivity index (χ0) is 16.4. The molecule has 4 rings (SSSR count). The molecule has 0 radical (unpaired) electrons. The molecule has 1 fully saturated rings. The average Bonchev–Trinajstić information content (AvgIpc) is 3.24. The summed E-state index contributed by atoms with van der Waals surface area (Å²) in [7, 11) is 0. The number of anilines is 1. The maximum absolute atomic E-state index is 6.11. The minimum absolute atomic E-state index is 0.711. The van der Waals surface area contributed by atoms with Gasteiger partial charge in [0.25, 0.3) is 0 Å². The third kappa shape index (κ3) is 3.23. The van der Waals surface area contributed by atoms with Crippen LogP contribution in [0.3, 0.4) is 0 Å². The van der Waals surface area contributed by atoms with Crippen LogP contribution in [0.25, 0.3) is 16.9 Å². The quantitative estimate of drug-likeness (QED) is 0.770. The van der Waals surface area contributed by atoms with Gasteiger partial charge in [-0.15, -0.1) is 5.10 Å². The monoisotopic (exact) mass is 341 g/mol. The summed E-state index contributed by atoms with van der Waals surface area (Å²) in [6, 6.07) is 11.7. The Morgan fingerprint density at radius 2 is 2.00 bits per heavy atom. The first-order valence-corrected chi connectivity index (χ1v) is 8.74. The van der Waals surface area contributed by atoms with Gasteiger partial charge >= 0.3 is 0 Å². The van der Waals surface area contributed by atoms with Gasteiger partial charge in [0.1, 0.15) is 5.82 Å². The molecule has 1 aliphatic rings. The van der Waals surface area contributed by atoms with E-state index < -0.39 is 0 Å². The second-order valence-corrected chi connectivity index (χ2v) is 6.55. The van der Waals surface area contributed by atoms with Crippen molar-refractivity contribution >= 4 is 23.1 Å². The third-order valence-corrected chi connectivity index (χ3v) is 4.65. The van der Waals surface area contributed by atoms with Crippen LogP contribution < -0.4 is 5.32 Å². The standard InChI is InChI=1S/C18H20ClN5/c19-15-5-3-4-14(12-15)16-13-21-18-7-6-17(22-24(16)18)20-8-11-23-9-1-2-10-23/h3-7,12-13H,1-2,8-11H2,(H,20,22). The van der Waals surface area contributed by atoms with E-state index in [4.69, 9.17) is 11.6 Å². The summed E-state index contributed by atoms with van der Waals surface area (Å²) in [6.07, 6.45) is 4.48. The number of hydrogen-bond donors (Lipinski definition) is 1. The van der Waals surface area contributed by atoms with Crippen molar-refractivity contribution in [3.63, 3.8) is 0 Å². The lowest BCUT2D eigenvalue weighted by Crippen LogP contribution is -2.26. The highest BCUT2D eigenvalue weighted by Crippen LogP contribution is 2.23. The number of benzene rings is 1. The number of nitrogens with one attached hydrogen (secondary N) is 1. The van der Waals surface area contributed by atoms with Gasteiger partial charge in [-0.25, -0.2) is 9.50 Å². The second kappa shape index (κ2) is 6.79. The van der Waals surface area contributed by atoms with Crippen LogP contribution in [-0.4, -0.2) is 45.7 Å². The number of rotatable bonds is 5. The maximum atomic E-state index is 6.11. The minimum atomic E-state index is 0.711. The van der Waals surface area contributed by atoms with Gasteiger partial charge < -0.3 is 10.2 Å². The molecule has 6 heteroatoms. The Kier molecular flexibility index (Phi) is 4.36. The van der Waals surface area contributed by atoms with E-state index in [9.17, 15) is 0 Å². The summed E-state index contributed by atoms with van der Waals surface area (Å²) in [5.41, 5.74) is 2.78. The number of nitrogens with zero attached hydrogens (tertiary/aromatic N) is 4. The molecule has 0 spiro atoms. The van der Waals surface area contributed by atoms with E-state index in [-0.39, 0.29) is 0 Å². The van der Waals surface area contributed by atoms with Crippen LogP contribution in [0.15, 0.2) is 42.6 Å². The molecular formula is C18H20ClN5. The van der Waals surface area contributed by atoms with Gasteiger partial charge in [0.15, 0.2) is 5.65 Å². The fourth-order valence-electron chi connectivity index (χ4n) is 3.16. The van der Waals surface area contributed by atoms with Crippen LogP contribution >= 0.6 is 11.6 Å². The lowest BCUT2D eigenvalue weighted by atomic mass is 10.2. The topological polar surface area (TPSA) is 45.5 Å². The van der Waals surface area contributed by atoms with E-state index in [0.717, 1.165) is 35.8 Å². The molecule has 0 atom stereocenters. The highest BCUT2D eigenvalue weighted by Gasteiger charge is 2.11. The van der Waals surface area contributed by atoms with Gasteiger partial charge in [0.2, 0.25) is 0 Å². The van der Waals surface area contributed by atoms with Crippen LogP contribution in [0.5, 0.6) is 0 Å². The molecule has 2 aromatic heterocycles. The molecule has 0 bridgehead atoms. The van der Waals surface area contributed by atoms with Crippen molar-refractivity contribution in [3.05, 3.63) is 47.6 Å². The van der Waals surface area contributed by atoms with Crippen LogP contribution in [-0.2, 0) is 0 Å². The lowest BCUT2D eigenvalue weighted by molar-refractivity contribution is 0.352. The molecule has 3 heterocycles. The SMILES string of the molecule is Clc1cccc(-c2cnc3ccc(NCCN4CCCC4)nn23)c1. The first-order chi connectivity index (χ1) is 11.8. The molecule has 3 aromatic rings. The van der Waals surface area contributed by atoms with Crippen molar-refractivity contribution in [2.24, 2.45) is 0 Å². The van der Waals surface area contributed by atoms with Crippen molar-refractivity contribution in [3.8, 4) is 11.3 Å². The van der Waals surface area contributed by atoms with Crippen LogP contribution in [0, 0.1) is 0 Å². The Hall–Kier alpha value is -2.11. The van der Waals surface area contributed by atoms with Crippen molar-refractivity contribution in [2.75, 3.05) is 31.5 Å². The van der Waals surface area contributed by atoms with Crippen LogP contribution in [0.2, 0.25) is 5.02 Å². The van der Waals surface area contributed by atoms with Crippen molar-refractivity contribution in [1.82, 2.24) is 19.5 Å². The van der Waals surface area contributed by atoms with E-state index in [1.165, 1.54) is 25.9 Å². The maximum Gasteiger partial charge on any atom is 0.154 e. The lowest BCUT2D eigenvalue weighted by Gasteiger charge is -2.15. The normalized spacial score (nSPS) is 15.2. The van der Waals surface area contributed by atoms with E-state index in [1.54, 1.807) is 0 Å². The molecule has 1 saturated heterocycles. The second-order valence-electron chi connectivity index (χ2n) is 6.12. The van der Waals surface area contributed by atoms with Gasteiger partial charge in [0.05, 0.1) is 11.9 Å². The van der Waals surface area contributed by atoms with Crippen molar-refractivity contribution < 1.29 is 0 Å². The Balaban J connectivity index is 1.54. The molecule has 0 amide bonds. The first-order valence-electron chi connectivity index (χ1n) is 8.36. The number of imidazole rings is 1. The summed E-state index contributed by atoms with van der Waals surface area (Å²) in [4.78, 5) is 6.92. The highest BCUT2D eigenvalue weighted by atomic mass is 35.5. The van der Waals surface area contributed by atoms with Crippen LogP contribution in [0.4, 0.5) is 5.82 Å². The summed E-state index contributed by atoms with van der Waals surface area (Å²) in [5.74, 6) is 0.864. The fraction of sp³-hybridized carbons (Fsp3) is 0.333. The predicted molar refractivity (Wildman–Crippen MR) is 97.6 cm³/mol.